The Bertz CT molecular complexity index is 1060. The average molecular weight is 449 g/mol. The molecule has 4 atom stereocenters. The van der Waals surface area contributed by atoms with Crippen molar-refractivity contribution in [3.8, 4) is 0 Å². The molecule has 2 N–H and O–H groups in total. The summed E-state index contributed by atoms with van der Waals surface area (Å²) in [6, 6.07) is 14.3. The second kappa shape index (κ2) is 8.72. The lowest BCUT2D eigenvalue weighted by atomic mass is 9.77. The zero-order chi connectivity index (χ0) is 23.1. The van der Waals surface area contributed by atoms with E-state index in [0.717, 1.165) is 30.4 Å². The van der Waals surface area contributed by atoms with Crippen LogP contribution in [-0.4, -0.2) is 57.1 Å². The van der Waals surface area contributed by atoms with Crippen LogP contribution in [0.4, 0.5) is 0 Å². The first kappa shape index (κ1) is 21.8. The predicted molar refractivity (Wildman–Crippen MR) is 120 cm³/mol. The fourth-order valence-corrected chi connectivity index (χ4v) is 5.84. The van der Waals surface area contributed by atoms with E-state index in [2.05, 4.69) is 0 Å². The summed E-state index contributed by atoms with van der Waals surface area (Å²) in [6.45, 7) is 0.653. The van der Waals surface area contributed by atoms with Gasteiger partial charge < -0.3 is 10.2 Å². The molecule has 5 rings (SSSR count). The van der Waals surface area contributed by atoms with E-state index in [0.29, 0.717) is 30.5 Å². The van der Waals surface area contributed by atoms with Crippen LogP contribution in [0.5, 0.6) is 0 Å². The first-order valence-electron chi connectivity index (χ1n) is 11.7. The number of aliphatic hydroxyl groups excluding tert-OH is 1. The third-order valence-electron chi connectivity index (χ3n) is 7.55. The van der Waals surface area contributed by atoms with Crippen LogP contribution in [0.15, 0.2) is 48.5 Å². The Labute approximate surface area is 192 Å². The molecule has 4 unspecified atom stereocenters. The molecule has 0 spiro atoms. The highest BCUT2D eigenvalue weighted by Gasteiger charge is 2.44. The molecule has 2 aliphatic heterocycles. The lowest BCUT2D eigenvalue weighted by Gasteiger charge is -2.45. The van der Waals surface area contributed by atoms with Gasteiger partial charge in [0.1, 0.15) is 6.23 Å². The molecule has 2 heterocycles. The minimum Gasteiger partial charge on any atom is -0.481 e. The third kappa shape index (κ3) is 3.75. The monoisotopic (exact) mass is 448 g/mol. The number of hydrogen-bond donors (Lipinski definition) is 2. The first-order valence-corrected chi connectivity index (χ1v) is 11.7. The van der Waals surface area contributed by atoms with E-state index in [4.69, 9.17) is 0 Å². The third-order valence-corrected chi connectivity index (χ3v) is 7.55. The Kier molecular flexibility index (Phi) is 5.76. The van der Waals surface area contributed by atoms with Crippen LogP contribution < -0.4 is 0 Å². The molecule has 172 valence electrons. The maximum absolute atomic E-state index is 13.1. The van der Waals surface area contributed by atoms with Crippen molar-refractivity contribution in [2.24, 2.45) is 11.8 Å². The quantitative estimate of drug-likeness (QED) is 0.682. The van der Waals surface area contributed by atoms with E-state index in [-0.39, 0.29) is 24.3 Å². The number of carboxylic acids is 1. The standard InChI is InChI=1S/C26H28N2O5/c29-23(20-11-5-6-12-21(20)26(32)33)27-14-13-16-7-1-2-8-17(16)22(27)15-28-24(30)18-9-3-4-10-19(18)25(28)31/h1-4,7-10,20-23,29H,5-6,11-15H2,(H,32,33). The Morgan fingerprint density at radius 1 is 0.970 bits per heavy atom. The minimum absolute atomic E-state index is 0.116. The number of carbonyl (C=O) groups excluding carboxylic acids is 2. The van der Waals surface area contributed by atoms with E-state index >= 15 is 0 Å². The van der Waals surface area contributed by atoms with Crippen LogP contribution in [0.25, 0.3) is 0 Å². The molecule has 7 heteroatoms. The average Bonchev–Trinajstić information content (AvgIpc) is 3.08. The van der Waals surface area contributed by atoms with Crippen LogP contribution >= 0.6 is 0 Å². The Hall–Kier alpha value is -3.03. The van der Waals surface area contributed by atoms with E-state index in [1.165, 1.54) is 4.90 Å². The lowest BCUT2D eigenvalue weighted by Crippen LogP contribution is -2.52. The van der Waals surface area contributed by atoms with Gasteiger partial charge in [-0.05, 0) is 42.5 Å². The molecular formula is C26H28N2O5. The van der Waals surface area contributed by atoms with Gasteiger partial charge in [-0.2, -0.15) is 0 Å². The van der Waals surface area contributed by atoms with Crippen molar-refractivity contribution in [1.29, 1.82) is 0 Å². The number of nitrogens with zero attached hydrogens (tertiary/aromatic N) is 2. The van der Waals surface area contributed by atoms with Crippen LogP contribution in [0, 0.1) is 11.8 Å². The van der Waals surface area contributed by atoms with Crippen molar-refractivity contribution < 1.29 is 24.6 Å². The van der Waals surface area contributed by atoms with E-state index in [9.17, 15) is 24.6 Å². The molecule has 0 saturated heterocycles. The maximum Gasteiger partial charge on any atom is 0.306 e. The highest BCUT2D eigenvalue weighted by Crippen LogP contribution is 2.39. The van der Waals surface area contributed by atoms with Gasteiger partial charge in [0.15, 0.2) is 0 Å². The summed E-state index contributed by atoms with van der Waals surface area (Å²) < 4.78 is 0. The molecule has 0 radical (unpaired) electrons. The van der Waals surface area contributed by atoms with Gasteiger partial charge in [-0.3, -0.25) is 24.2 Å². The van der Waals surface area contributed by atoms with Crippen LogP contribution in [0.2, 0.25) is 0 Å². The van der Waals surface area contributed by atoms with Gasteiger partial charge in [0.05, 0.1) is 23.1 Å². The smallest absolute Gasteiger partial charge is 0.306 e. The highest BCUT2D eigenvalue weighted by atomic mass is 16.4. The summed E-state index contributed by atoms with van der Waals surface area (Å²) in [5.41, 5.74) is 2.90. The van der Waals surface area contributed by atoms with Gasteiger partial charge in [-0.1, -0.05) is 49.2 Å². The summed E-state index contributed by atoms with van der Waals surface area (Å²) in [5.74, 6) is -2.49. The van der Waals surface area contributed by atoms with Crippen molar-refractivity contribution in [3.63, 3.8) is 0 Å². The molecule has 2 aromatic carbocycles. The predicted octanol–water partition coefficient (Wildman–Crippen LogP) is 3.09. The molecule has 33 heavy (non-hydrogen) atoms. The molecule has 0 aromatic heterocycles. The van der Waals surface area contributed by atoms with Gasteiger partial charge in [-0.15, -0.1) is 0 Å². The van der Waals surface area contributed by atoms with Gasteiger partial charge in [0.25, 0.3) is 11.8 Å². The second-order valence-corrected chi connectivity index (χ2v) is 9.28. The zero-order valence-corrected chi connectivity index (χ0v) is 18.4. The maximum atomic E-state index is 13.1. The number of amides is 2. The molecule has 2 aromatic rings. The van der Waals surface area contributed by atoms with Gasteiger partial charge >= 0.3 is 5.97 Å². The second-order valence-electron chi connectivity index (χ2n) is 9.28. The molecule has 1 fully saturated rings. The lowest BCUT2D eigenvalue weighted by molar-refractivity contribution is -0.153. The topological polar surface area (TPSA) is 98.2 Å². The van der Waals surface area contributed by atoms with Gasteiger partial charge in [0, 0.05) is 19.0 Å². The molecule has 1 aliphatic carbocycles. The fourth-order valence-electron chi connectivity index (χ4n) is 5.84. The number of hydrogen-bond acceptors (Lipinski definition) is 5. The largest absolute Gasteiger partial charge is 0.481 e. The number of fused-ring (bicyclic) bond motifs is 2. The number of carboxylic acid groups (broad SMARTS) is 1. The Morgan fingerprint density at radius 3 is 2.30 bits per heavy atom. The molecule has 1 saturated carbocycles. The number of imide groups is 1. The Morgan fingerprint density at radius 2 is 1.61 bits per heavy atom. The van der Waals surface area contributed by atoms with Crippen molar-refractivity contribution in [3.05, 3.63) is 70.8 Å². The molecular weight excluding hydrogens is 420 g/mol. The summed E-state index contributed by atoms with van der Waals surface area (Å²) in [7, 11) is 0. The number of carbonyl (C=O) groups is 3. The van der Waals surface area contributed by atoms with E-state index < -0.39 is 24.2 Å². The summed E-state index contributed by atoms with van der Waals surface area (Å²) >= 11 is 0. The molecule has 7 nitrogen and oxygen atoms in total. The van der Waals surface area contributed by atoms with Crippen LogP contribution in [0.1, 0.15) is 63.6 Å². The molecule has 0 bridgehead atoms. The van der Waals surface area contributed by atoms with Crippen molar-refractivity contribution in [1.82, 2.24) is 9.80 Å². The summed E-state index contributed by atoms with van der Waals surface area (Å²) in [6.07, 6.45) is 2.71. The van der Waals surface area contributed by atoms with Gasteiger partial charge in [-0.25, -0.2) is 0 Å². The number of aliphatic carboxylic acids is 1. The van der Waals surface area contributed by atoms with E-state index in [1.54, 1.807) is 24.3 Å². The normalized spacial score (nSPS) is 26.1. The van der Waals surface area contributed by atoms with Gasteiger partial charge in [0.2, 0.25) is 0 Å². The van der Waals surface area contributed by atoms with Crippen molar-refractivity contribution >= 4 is 17.8 Å². The summed E-state index contributed by atoms with van der Waals surface area (Å²) in [5, 5.41) is 21.2. The van der Waals surface area contributed by atoms with Crippen molar-refractivity contribution in [2.45, 2.75) is 44.4 Å². The number of rotatable bonds is 5. The van der Waals surface area contributed by atoms with E-state index in [1.807, 2.05) is 29.2 Å². The Balaban J connectivity index is 1.48. The van der Waals surface area contributed by atoms with Crippen molar-refractivity contribution in [2.75, 3.05) is 13.1 Å². The fraction of sp³-hybridized carbons (Fsp3) is 0.423. The highest BCUT2D eigenvalue weighted by molar-refractivity contribution is 6.21. The molecule has 2 amide bonds. The summed E-state index contributed by atoms with van der Waals surface area (Å²) in [4.78, 5) is 41.2. The SMILES string of the molecule is O=C(O)C1CCCCC1C(O)N1CCc2ccccc2C1CN1C(=O)c2ccccc2C1=O. The first-order chi connectivity index (χ1) is 16.0. The zero-order valence-electron chi connectivity index (χ0n) is 18.4. The number of aliphatic hydroxyl groups is 1. The minimum atomic E-state index is -0.958. The van der Waals surface area contributed by atoms with Crippen LogP contribution in [0.3, 0.4) is 0 Å². The van der Waals surface area contributed by atoms with Crippen LogP contribution in [-0.2, 0) is 11.2 Å². The number of benzene rings is 2. The molecule has 3 aliphatic rings.